The van der Waals surface area contributed by atoms with Crippen LogP contribution in [0.5, 0.6) is 0 Å². The Labute approximate surface area is 199 Å². The second-order valence-electron chi connectivity index (χ2n) is 9.92. The number of hydrogen-bond acceptors (Lipinski definition) is 6. The van der Waals surface area contributed by atoms with Gasteiger partial charge in [0.2, 0.25) is 0 Å². The Morgan fingerprint density at radius 2 is 1.88 bits per heavy atom. The van der Waals surface area contributed by atoms with Crippen LogP contribution in [0.25, 0.3) is 5.65 Å². The third-order valence-corrected chi connectivity index (χ3v) is 5.90. The molecular weight excluding hydrogens is 430 g/mol. The van der Waals surface area contributed by atoms with Gasteiger partial charge in [-0.3, -0.25) is 0 Å². The number of nitrogens with two attached hydrogens (primary N) is 2. The summed E-state index contributed by atoms with van der Waals surface area (Å²) in [5.74, 6) is 0.619. The van der Waals surface area contributed by atoms with E-state index in [9.17, 15) is 4.79 Å². The lowest BCUT2D eigenvalue weighted by molar-refractivity contribution is 0.0205. The highest BCUT2D eigenvalue weighted by Gasteiger charge is 2.27. The number of aliphatic imine (C=N–C) groups is 1. The molecule has 4 rings (SSSR count). The molecule has 1 saturated heterocycles. The van der Waals surface area contributed by atoms with E-state index in [-0.39, 0.29) is 6.09 Å². The molecule has 0 radical (unpaired) electrons. The molecule has 0 bridgehead atoms. The molecule has 34 heavy (non-hydrogen) atoms. The fourth-order valence-electron chi connectivity index (χ4n) is 4.21. The van der Waals surface area contributed by atoms with Crippen LogP contribution < -0.4 is 11.5 Å². The molecule has 0 aliphatic carbocycles. The highest BCUT2D eigenvalue weighted by atomic mass is 16.6. The number of nitrogen functional groups attached to an aromatic ring is 1. The molecule has 1 aliphatic heterocycles. The molecule has 2 aromatic heterocycles. The van der Waals surface area contributed by atoms with Crippen LogP contribution in [0.1, 0.15) is 62.0 Å². The number of carbonyl (C=O) groups is 1. The predicted octanol–water partition coefficient (Wildman–Crippen LogP) is 4.08. The fourth-order valence-corrected chi connectivity index (χ4v) is 4.21. The van der Waals surface area contributed by atoms with Crippen molar-refractivity contribution in [3.05, 3.63) is 53.0 Å². The minimum Gasteiger partial charge on any atom is -0.444 e. The first-order valence-electron chi connectivity index (χ1n) is 11.6. The second kappa shape index (κ2) is 8.96. The molecule has 0 unspecified atom stereocenters. The van der Waals surface area contributed by atoms with E-state index in [1.807, 2.05) is 65.1 Å². The van der Waals surface area contributed by atoms with Gasteiger partial charge >= 0.3 is 6.09 Å². The quantitative estimate of drug-likeness (QED) is 0.343. The SMILES string of the molecule is Cc1cn2nc(C(N)=Nc3ccc(C4CCN(C(=O)OC(C)(C)C)CC4)cc3N)cc(C)c2n1. The number of ether oxygens (including phenoxy) is 1. The molecule has 1 fully saturated rings. The van der Waals surface area contributed by atoms with Gasteiger partial charge in [-0.05, 0) is 82.7 Å². The van der Waals surface area contributed by atoms with Gasteiger partial charge in [0.25, 0.3) is 0 Å². The first kappa shape index (κ1) is 23.5. The van der Waals surface area contributed by atoms with Crippen LogP contribution in [0.4, 0.5) is 16.2 Å². The highest BCUT2D eigenvalue weighted by Crippen LogP contribution is 2.33. The van der Waals surface area contributed by atoms with Crippen LogP contribution >= 0.6 is 0 Å². The zero-order valence-electron chi connectivity index (χ0n) is 20.5. The maximum Gasteiger partial charge on any atom is 0.410 e. The lowest BCUT2D eigenvalue weighted by atomic mass is 9.89. The van der Waals surface area contributed by atoms with E-state index in [4.69, 9.17) is 16.2 Å². The molecule has 180 valence electrons. The summed E-state index contributed by atoms with van der Waals surface area (Å²) >= 11 is 0. The Kier molecular flexibility index (Phi) is 6.20. The van der Waals surface area contributed by atoms with Gasteiger partial charge in [-0.25, -0.2) is 19.3 Å². The lowest BCUT2D eigenvalue weighted by Crippen LogP contribution is -2.41. The number of rotatable bonds is 3. The van der Waals surface area contributed by atoms with Gasteiger partial charge in [-0.2, -0.15) is 5.10 Å². The highest BCUT2D eigenvalue weighted by molar-refractivity contribution is 5.98. The third-order valence-electron chi connectivity index (χ3n) is 5.90. The van der Waals surface area contributed by atoms with Crippen molar-refractivity contribution in [2.75, 3.05) is 18.8 Å². The van der Waals surface area contributed by atoms with Gasteiger partial charge in [0.15, 0.2) is 11.5 Å². The van der Waals surface area contributed by atoms with Crippen molar-refractivity contribution in [3.8, 4) is 0 Å². The minimum atomic E-state index is -0.488. The standard InChI is InChI=1S/C25H33N7O2/c1-15-12-21(30-32-14-16(2)28-23(15)32)22(27)29-20-7-6-18(13-19(20)26)17-8-10-31(11-9-17)24(33)34-25(3,4)5/h6-7,12-14,17H,8-11,26H2,1-5H3,(H2,27,29). The van der Waals surface area contributed by atoms with Gasteiger partial charge in [0, 0.05) is 13.1 Å². The van der Waals surface area contributed by atoms with E-state index in [0.29, 0.717) is 41.9 Å². The summed E-state index contributed by atoms with van der Waals surface area (Å²) in [7, 11) is 0. The number of amidine groups is 1. The number of amides is 1. The molecule has 1 amide bonds. The number of imidazole rings is 1. The zero-order chi connectivity index (χ0) is 24.6. The average molecular weight is 464 g/mol. The van der Waals surface area contributed by atoms with Crippen molar-refractivity contribution in [1.29, 1.82) is 0 Å². The molecule has 9 heteroatoms. The molecule has 0 atom stereocenters. The van der Waals surface area contributed by atoms with Gasteiger partial charge in [0.1, 0.15) is 11.3 Å². The molecule has 4 N–H and O–H groups in total. The normalized spacial score (nSPS) is 15.7. The lowest BCUT2D eigenvalue weighted by Gasteiger charge is -2.33. The van der Waals surface area contributed by atoms with E-state index in [2.05, 4.69) is 15.1 Å². The minimum absolute atomic E-state index is 0.251. The van der Waals surface area contributed by atoms with Crippen LogP contribution in [-0.2, 0) is 4.74 Å². The predicted molar refractivity (Wildman–Crippen MR) is 133 cm³/mol. The van der Waals surface area contributed by atoms with E-state index in [0.717, 1.165) is 35.3 Å². The average Bonchev–Trinajstić information content (AvgIpc) is 3.15. The van der Waals surface area contributed by atoms with E-state index < -0.39 is 5.60 Å². The van der Waals surface area contributed by atoms with Crippen molar-refractivity contribution in [2.24, 2.45) is 10.7 Å². The Morgan fingerprint density at radius 3 is 2.53 bits per heavy atom. The summed E-state index contributed by atoms with van der Waals surface area (Å²) in [6.45, 7) is 10.9. The summed E-state index contributed by atoms with van der Waals surface area (Å²) in [4.78, 5) is 23.1. The molecule has 3 aromatic rings. The summed E-state index contributed by atoms with van der Waals surface area (Å²) in [5, 5.41) is 4.53. The van der Waals surface area contributed by atoms with Crippen LogP contribution in [0.3, 0.4) is 0 Å². The van der Waals surface area contributed by atoms with Crippen LogP contribution in [0.15, 0.2) is 35.5 Å². The number of aromatic nitrogens is 3. The molecule has 3 heterocycles. The van der Waals surface area contributed by atoms with E-state index >= 15 is 0 Å². The topological polar surface area (TPSA) is 124 Å². The summed E-state index contributed by atoms with van der Waals surface area (Å²) in [6, 6.07) is 7.77. The van der Waals surface area contributed by atoms with E-state index in [1.54, 1.807) is 9.42 Å². The second-order valence-corrected chi connectivity index (χ2v) is 9.92. The van der Waals surface area contributed by atoms with Gasteiger partial charge in [-0.15, -0.1) is 0 Å². The monoisotopic (exact) mass is 463 g/mol. The maximum absolute atomic E-state index is 12.3. The Hall–Kier alpha value is -3.62. The number of benzene rings is 1. The summed E-state index contributed by atoms with van der Waals surface area (Å²) in [5.41, 5.74) is 17.7. The number of anilines is 1. The maximum atomic E-state index is 12.3. The van der Waals surface area contributed by atoms with Crippen molar-refractivity contribution in [2.45, 2.75) is 59.0 Å². The Bertz CT molecular complexity index is 1250. The third kappa shape index (κ3) is 5.13. The Morgan fingerprint density at radius 1 is 1.18 bits per heavy atom. The summed E-state index contributed by atoms with van der Waals surface area (Å²) in [6.07, 6.45) is 3.32. The molecule has 0 spiro atoms. The number of aryl methyl sites for hydroxylation is 2. The van der Waals surface area contributed by atoms with Crippen molar-refractivity contribution in [1.82, 2.24) is 19.5 Å². The van der Waals surface area contributed by atoms with Crippen molar-refractivity contribution in [3.63, 3.8) is 0 Å². The van der Waals surface area contributed by atoms with Crippen LogP contribution in [0.2, 0.25) is 0 Å². The number of likely N-dealkylation sites (tertiary alicyclic amines) is 1. The first-order chi connectivity index (χ1) is 16.0. The molecule has 0 saturated carbocycles. The largest absolute Gasteiger partial charge is 0.444 e. The van der Waals surface area contributed by atoms with Crippen molar-refractivity contribution >= 4 is 29.0 Å². The Balaban J connectivity index is 1.46. The number of carbonyl (C=O) groups excluding carboxylic acids is 1. The number of fused-ring (bicyclic) bond motifs is 1. The summed E-state index contributed by atoms with van der Waals surface area (Å²) < 4.78 is 7.21. The first-order valence-corrected chi connectivity index (χ1v) is 11.6. The fraction of sp³-hybridized carbons (Fsp3) is 0.440. The molecule has 9 nitrogen and oxygen atoms in total. The van der Waals surface area contributed by atoms with Crippen molar-refractivity contribution < 1.29 is 9.53 Å². The zero-order valence-corrected chi connectivity index (χ0v) is 20.5. The van der Waals surface area contributed by atoms with Gasteiger partial charge < -0.3 is 21.1 Å². The number of hydrogen-bond donors (Lipinski definition) is 2. The number of nitrogens with zero attached hydrogens (tertiary/aromatic N) is 5. The van der Waals surface area contributed by atoms with E-state index in [1.165, 1.54) is 0 Å². The van der Waals surface area contributed by atoms with Crippen LogP contribution in [0, 0.1) is 13.8 Å². The van der Waals surface area contributed by atoms with Crippen LogP contribution in [-0.4, -0.2) is 50.1 Å². The van der Waals surface area contributed by atoms with Gasteiger partial charge in [0.05, 0.1) is 23.3 Å². The number of piperidine rings is 1. The van der Waals surface area contributed by atoms with Gasteiger partial charge in [-0.1, -0.05) is 6.07 Å². The molecular formula is C25H33N7O2. The smallest absolute Gasteiger partial charge is 0.410 e. The molecule has 1 aliphatic rings. The molecule has 1 aromatic carbocycles.